The number of aromatic nitrogens is 1. The lowest BCUT2D eigenvalue weighted by atomic mass is 10.1. The molecule has 0 atom stereocenters. The van der Waals surface area contributed by atoms with E-state index in [0.717, 1.165) is 5.69 Å². The summed E-state index contributed by atoms with van der Waals surface area (Å²) in [6.45, 7) is 1.78. The van der Waals surface area contributed by atoms with Gasteiger partial charge in [-0.1, -0.05) is 0 Å². The van der Waals surface area contributed by atoms with Crippen LogP contribution in [0, 0.1) is 6.92 Å². The van der Waals surface area contributed by atoms with Crippen LogP contribution in [-0.4, -0.2) is 16.1 Å². The second kappa shape index (κ2) is 3.21. The monoisotopic (exact) mass is 166 g/mol. The van der Waals surface area contributed by atoms with Crippen molar-refractivity contribution < 1.29 is 9.90 Å². The maximum Gasteiger partial charge on any atom is 0.307 e. The van der Waals surface area contributed by atoms with Crippen molar-refractivity contribution in [3.63, 3.8) is 0 Å². The number of carboxylic acids is 1. The summed E-state index contributed by atoms with van der Waals surface area (Å²) in [5.41, 5.74) is 6.86. The molecule has 0 saturated heterocycles. The number of carboxylic acid groups (broad SMARTS) is 1. The van der Waals surface area contributed by atoms with E-state index in [4.69, 9.17) is 10.8 Å². The van der Waals surface area contributed by atoms with Gasteiger partial charge in [0.25, 0.3) is 0 Å². The first kappa shape index (κ1) is 8.52. The van der Waals surface area contributed by atoms with Crippen LogP contribution in [0.3, 0.4) is 0 Å². The average Bonchev–Trinajstić information content (AvgIpc) is 1.81. The number of pyridine rings is 1. The van der Waals surface area contributed by atoms with Gasteiger partial charge in [0.2, 0.25) is 0 Å². The molecule has 0 aliphatic rings. The van der Waals surface area contributed by atoms with Gasteiger partial charge in [-0.25, -0.2) is 4.98 Å². The Morgan fingerprint density at radius 2 is 2.33 bits per heavy atom. The molecule has 0 saturated carbocycles. The van der Waals surface area contributed by atoms with E-state index in [1.165, 1.54) is 0 Å². The van der Waals surface area contributed by atoms with Gasteiger partial charge < -0.3 is 10.8 Å². The van der Waals surface area contributed by atoms with Crippen molar-refractivity contribution in [2.75, 3.05) is 5.73 Å². The van der Waals surface area contributed by atoms with Crippen LogP contribution in [0.1, 0.15) is 11.3 Å². The summed E-state index contributed by atoms with van der Waals surface area (Å²) in [5, 5.41) is 8.49. The largest absolute Gasteiger partial charge is 0.481 e. The molecular weight excluding hydrogens is 156 g/mol. The van der Waals surface area contributed by atoms with Crippen LogP contribution in [0.2, 0.25) is 0 Å². The molecule has 12 heavy (non-hydrogen) atoms. The molecular formula is C8H10N2O2. The Balaban J connectivity index is 2.93. The van der Waals surface area contributed by atoms with Gasteiger partial charge in [0, 0.05) is 5.69 Å². The predicted molar refractivity (Wildman–Crippen MR) is 44.7 cm³/mol. The molecule has 0 unspecified atom stereocenters. The Labute approximate surface area is 70.0 Å². The standard InChI is InChI=1S/C8H10N2O2/c1-5-2-6(4-8(11)12)3-7(9)10-5/h2-3H,4H2,1H3,(H2,9,10)(H,11,12). The van der Waals surface area contributed by atoms with Gasteiger partial charge in [-0.2, -0.15) is 0 Å². The Morgan fingerprint density at radius 3 is 2.83 bits per heavy atom. The van der Waals surface area contributed by atoms with E-state index < -0.39 is 5.97 Å². The summed E-state index contributed by atoms with van der Waals surface area (Å²) in [6.07, 6.45) is -0.00639. The summed E-state index contributed by atoms with van der Waals surface area (Å²) in [4.78, 5) is 14.3. The van der Waals surface area contributed by atoms with Crippen molar-refractivity contribution in [1.82, 2.24) is 4.98 Å². The normalized spacial score (nSPS) is 9.75. The highest BCUT2D eigenvalue weighted by molar-refractivity contribution is 5.70. The lowest BCUT2D eigenvalue weighted by molar-refractivity contribution is -0.136. The van der Waals surface area contributed by atoms with Crippen LogP contribution in [0.4, 0.5) is 5.82 Å². The van der Waals surface area contributed by atoms with Crippen molar-refractivity contribution in [3.05, 3.63) is 23.4 Å². The van der Waals surface area contributed by atoms with Crippen LogP contribution >= 0.6 is 0 Å². The van der Waals surface area contributed by atoms with E-state index in [9.17, 15) is 4.79 Å². The van der Waals surface area contributed by atoms with Gasteiger partial charge in [0.15, 0.2) is 0 Å². The molecule has 1 aromatic heterocycles. The van der Waals surface area contributed by atoms with Crippen molar-refractivity contribution in [1.29, 1.82) is 0 Å². The molecule has 1 heterocycles. The molecule has 0 aliphatic carbocycles. The highest BCUT2D eigenvalue weighted by Crippen LogP contribution is 2.07. The second-order valence-electron chi connectivity index (χ2n) is 2.61. The molecule has 0 fully saturated rings. The lowest BCUT2D eigenvalue weighted by Gasteiger charge is -2.00. The zero-order valence-electron chi connectivity index (χ0n) is 6.74. The van der Waals surface area contributed by atoms with E-state index in [1.54, 1.807) is 19.1 Å². The van der Waals surface area contributed by atoms with Gasteiger partial charge in [-0.15, -0.1) is 0 Å². The summed E-state index contributed by atoms with van der Waals surface area (Å²) in [6, 6.07) is 3.28. The number of carbonyl (C=O) groups is 1. The second-order valence-corrected chi connectivity index (χ2v) is 2.61. The average molecular weight is 166 g/mol. The van der Waals surface area contributed by atoms with Crippen LogP contribution in [0.5, 0.6) is 0 Å². The summed E-state index contributed by atoms with van der Waals surface area (Å²) < 4.78 is 0. The fourth-order valence-electron chi connectivity index (χ4n) is 1.04. The predicted octanol–water partition coefficient (Wildman–Crippen LogP) is 0.599. The quantitative estimate of drug-likeness (QED) is 0.674. The van der Waals surface area contributed by atoms with Gasteiger partial charge in [0.05, 0.1) is 6.42 Å². The molecule has 0 spiro atoms. The molecule has 4 heteroatoms. The van der Waals surface area contributed by atoms with Gasteiger partial charge in [-0.05, 0) is 24.6 Å². The first-order valence-corrected chi connectivity index (χ1v) is 3.53. The van der Waals surface area contributed by atoms with Crippen LogP contribution in [0.25, 0.3) is 0 Å². The third kappa shape index (κ3) is 2.23. The van der Waals surface area contributed by atoms with E-state index in [2.05, 4.69) is 4.98 Å². The highest BCUT2D eigenvalue weighted by atomic mass is 16.4. The number of anilines is 1. The molecule has 1 rings (SSSR count). The van der Waals surface area contributed by atoms with Gasteiger partial charge >= 0.3 is 5.97 Å². The number of aliphatic carboxylic acids is 1. The number of nitrogen functional groups attached to an aromatic ring is 1. The third-order valence-electron chi connectivity index (χ3n) is 1.39. The molecule has 1 aromatic rings. The van der Waals surface area contributed by atoms with Crippen molar-refractivity contribution >= 4 is 11.8 Å². The summed E-state index contributed by atoms with van der Waals surface area (Å²) >= 11 is 0. The molecule has 0 amide bonds. The molecule has 4 nitrogen and oxygen atoms in total. The van der Waals surface area contributed by atoms with Crippen molar-refractivity contribution in [2.45, 2.75) is 13.3 Å². The Hall–Kier alpha value is -1.58. The number of hydrogen-bond acceptors (Lipinski definition) is 3. The Bertz CT molecular complexity index is 290. The summed E-state index contributed by atoms with van der Waals surface area (Å²) in [5.74, 6) is -0.494. The van der Waals surface area contributed by atoms with E-state index >= 15 is 0 Å². The maximum atomic E-state index is 10.3. The molecule has 0 aliphatic heterocycles. The first-order valence-electron chi connectivity index (χ1n) is 3.53. The molecule has 0 radical (unpaired) electrons. The van der Waals surface area contributed by atoms with E-state index in [-0.39, 0.29) is 6.42 Å². The van der Waals surface area contributed by atoms with Crippen LogP contribution in [-0.2, 0) is 11.2 Å². The lowest BCUT2D eigenvalue weighted by Crippen LogP contribution is -2.02. The SMILES string of the molecule is Cc1cc(CC(=O)O)cc(N)n1. The number of hydrogen-bond donors (Lipinski definition) is 2. The molecule has 3 N–H and O–H groups in total. The highest BCUT2D eigenvalue weighted by Gasteiger charge is 2.01. The minimum atomic E-state index is -0.861. The smallest absolute Gasteiger partial charge is 0.307 e. The van der Waals surface area contributed by atoms with E-state index in [1.807, 2.05) is 0 Å². The van der Waals surface area contributed by atoms with Crippen LogP contribution < -0.4 is 5.73 Å². The van der Waals surface area contributed by atoms with Crippen molar-refractivity contribution in [2.24, 2.45) is 0 Å². The number of rotatable bonds is 2. The molecule has 0 bridgehead atoms. The molecule has 64 valence electrons. The fourth-order valence-corrected chi connectivity index (χ4v) is 1.04. The molecule has 0 aromatic carbocycles. The number of nitrogens with zero attached hydrogens (tertiary/aromatic N) is 1. The fraction of sp³-hybridized carbons (Fsp3) is 0.250. The topological polar surface area (TPSA) is 76.2 Å². The minimum absolute atomic E-state index is 0.00639. The van der Waals surface area contributed by atoms with E-state index in [0.29, 0.717) is 11.4 Å². The van der Waals surface area contributed by atoms with Crippen LogP contribution in [0.15, 0.2) is 12.1 Å². The Morgan fingerprint density at radius 1 is 1.67 bits per heavy atom. The first-order chi connectivity index (χ1) is 5.58. The number of aryl methyl sites for hydroxylation is 1. The summed E-state index contributed by atoms with van der Waals surface area (Å²) in [7, 11) is 0. The maximum absolute atomic E-state index is 10.3. The Kier molecular flexibility index (Phi) is 2.28. The number of nitrogens with two attached hydrogens (primary N) is 1. The third-order valence-corrected chi connectivity index (χ3v) is 1.39. The van der Waals surface area contributed by atoms with Gasteiger partial charge in [-0.3, -0.25) is 4.79 Å². The zero-order valence-corrected chi connectivity index (χ0v) is 6.74. The van der Waals surface area contributed by atoms with Gasteiger partial charge in [0.1, 0.15) is 5.82 Å². The minimum Gasteiger partial charge on any atom is -0.481 e. The van der Waals surface area contributed by atoms with Crippen molar-refractivity contribution in [3.8, 4) is 0 Å². The zero-order chi connectivity index (χ0) is 9.14.